The van der Waals surface area contributed by atoms with Crippen LogP contribution >= 0.6 is 0 Å². The first-order valence-corrected chi connectivity index (χ1v) is 14.5. The highest BCUT2D eigenvalue weighted by atomic mass is 16.6. The fraction of sp³-hybridized carbons (Fsp3) is 0.710. The van der Waals surface area contributed by atoms with E-state index in [-0.39, 0.29) is 17.7 Å². The Balaban J connectivity index is 3.52. The van der Waals surface area contributed by atoms with Crippen LogP contribution < -0.4 is 10.6 Å². The molecule has 0 radical (unpaired) electrons. The third-order valence-corrected chi connectivity index (χ3v) is 6.80. The van der Waals surface area contributed by atoms with E-state index in [1.807, 2.05) is 45.9 Å². The van der Waals surface area contributed by atoms with Crippen LogP contribution in [-0.4, -0.2) is 47.5 Å². The second kappa shape index (κ2) is 16.4. The van der Waals surface area contributed by atoms with Crippen LogP contribution in [-0.2, 0) is 14.3 Å². The van der Waals surface area contributed by atoms with E-state index >= 15 is 0 Å². The molecule has 3 atom stereocenters. The standard InChI is InChI=1S/C31H53N3O4/c1-10-13-15-19-32-28(35)27(25-18-17-22(4)21-24(25)6)34(20-16-14-11-2)29(36)26(23(5)12-3)33-30(37)38-31(7,8)9/h17-18,21,23,26-27H,10-16,19-20H2,1-9H3,(H,32,35)(H,33,37). The molecule has 38 heavy (non-hydrogen) atoms. The molecule has 216 valence electrons. The maximum Gasteiger partial charge on any atom is 0.408 e. The van der Waals surface area contributed by atoms with Crippen LogP contribution in [0.5, 0.6) is 0 Å². The van der Waals surface area contributed by atoms with Crippen LogP contribution in [0, 0.1) is 19.8 Å². The van der Waals surface area contributed by atoms with Gasteiger partial charge in [-0.2, -0.15) is 0 Å². The predicted octanol–water partition coefficient (Wildman–Crippen LogP) is 6.61. The summed E-state index contributed by atoms with van der Waals surface area (Å²) < 4.78 is 5.49. The molecule has 1 aromatic rings. The minimum atomic E-state index is -0.808. The lowest BCUT2D eigenvalue weighted by Gasteiger charge is -2.36. The van der Waals surface area contributed by atoms with Gasteiger partial charge in [-0.3, -0.25) is 9.59 Å². The molecule has 2 N–H and O–H groups in total. The van der Waals surface area contributed by atoms with Gasteiger partial charge in [0.15, 0.2) is 0 Å². The van der Waals surface area contributed by atoms with Crippen molar-refractivity contribution < 1.29 is 19.1 Å². The molecule has 7 heteroatoms. The number of hydrogen-bond acceptors (Lipinski definition) is 4. The molecule has 0 spiro atoms. The number of unbranched alkanes of at least 4 members (excludes halogenated alkanes) is 4. The monoisotopic (exact) mass is 531 g/mol. The van der Waals surface area contributed by atoms with E-state index in [1.54, 1.807) is 25.7 Å². The lowest BCUT2D eigenvalue weighted by molar-refractivity contribution is -0.143. The first-order chi connectivity index (χ1) is 17.9. The first kappa shape index (κ1) is 33.5. The van der Waals surface area contributed by atoms with E-state index < -0.39 is 23.8 Å². The summed E-state index contributed by atoms with van der Waals surface area (Å²) in [5.74, 6) is -0.579. The molecule has 0 aliphatic carbocycles. The van der Waals surface area contributed by atoms with E-state index in [9.17, 15) is 14.4 Å². The molecule has 1 aromatic carbocycles. The second-order valence-corrected chi connectivity index (χ2v) is 11.5. The molecule has 0 heterocycles. The van der Waals surface area contributed by atoms with Crippen molar-refractivity contribution in [2.24, 2.45) is 5.92 Å². The zero-order chi connectivity index (χ0) is 28.9. The smallest absolute Gasteiger partial charge is 0.408 e. The summed E-state index contributed by atoms with van der Waals surface area (Å²) in [6.45, 7) is 18.6. The average Bonchev–Trinajstić information content (AvgIpc) is 2.83. The van der Waals surface area contributed by atoms with Crippen molar-refractivity contribution in [1.29, 1.82) is 0 Å². The summed E-state index contributed by atoms with van der Waals surface area (Å²) in [4.78, 5) is 42.5. The average molecular weight is 532 g/mol. The van der Waals surface area contributed by atoms with Gasteiger partial charge in [-0.1, -0.05) is 83.6 Å². The normalized spacial score (nSPS) is 13.8. The van der Waals surface area contributed by atoms with Gasteiger partial charge in [-0.25, -0.2) is 4.79 Å². The van der Waals surface area contributed by atoms with Crippen molar-refractivity contribution >= 4 is 17.9 Å². The molecule has 7 nitrogen and oxygen atoms in total. The molecule has 3 unspecified atom stereocenters. The molecule has 1 rings (SSSR count). The number of benzene rings is 1. The first-order valence-electron chi connectivity index (χ1n) is 14.5. The van der Waals surface area contributed by atoms with Crippen molar-refractivity contribution in [1.82, 2.24) is 15.5 Å². The fourth-order valence-electron chi connectivity index (χ4n) is 4.46. The zero-order valence-corrected chi connectivity index (χ0v) is 25.4. The van der Waals surface area contributed by atoms with Crippen LogP contribution in [0.25, 0.3) is 0 Å². The number of ether oxygens (including phenoxy) is 1. The number of alkyl carbamates (subject to hydrolysis) is 1. The summed E-state index contributed by atoms with van der Waals surface area (Å²) in [6, 6.07) is 4.40. The van der Waals surface area contributed by atoms with Gasteiger partial charge in [0.1, 0.15) is 17.7 Å². The maximum absolute atomic E-state index is 14.3. The minimum absolute atomic E-state index is 0.143. The molecule has 0 aliphatic heterocycles. The number of nitrogens with one attached hydrogen (secondary N) is 2. The van der Waals surface area contributed by atoms with E-state index in [2.05, 4.69) is 24.5 Å². The molecule has 0 aromatic heterocycles. The van der Waals surface area contributed by atoms with Gasteiger partial charge in [0.25, 0.3) is 0 Å². The Morgan fingerprint density at radius 2 is 1.61 bits per heavy atom. The van der Waals surface area contributed by atoms with E-state index in [0.717, 1.165) is 55.2 Å². The Labute approximate surface area is 231 Å². The highest BCUT2D eigenvalue weighted by Gasteiger charge is 2.38. The van der Waals surface area contributed by atoms with Crippen LogP contribution in [0.3, 0.4) is 0 Å². The van der Waals surface area contributed by atoms with Gasteiger partial charge < -0.3 is 20.3 Å². The Hall–Kier alpha value is -2.57. The van der Waals surface area contributed by atoms with Gasteiger partial charge in [0.2, 0.25) is 11.8 Å². The number of carbonyl (C=O) groups is 3. The van der Waals surface area contributed by atoms with Crippen molar-refractivity contribution in [3.8, 4) is 0 Å². The van der Waals surface area contributed by atoms with Gasteiger partial charge in [-0.05, 0) is 64.5 Å². The topological polar surface area (TPSA) is 87.7 Å². The Morgan fingerprint density at radius 1 is 0.974 bits per heavy atom. The SMILES string of the molecule is CCCCCNC(=O)C(c1ccc(C)cc1C)N(CCCCC)C(=O)C(NC(=O)OC(C)(C)C)C(C)CC. The third kappa shape index (κ3) is 11.0. The summed E-state index contributed by atoms with van der Waals surface area (Å²) in [6.07, 6.45) is 5.74. The molecule has 0 saturated heterocycles. The summed E-state index contributed by atoms with van der Waals surface area (Å²) >= 11 is 0. The fourth-order valence-corrected chi connectivity index (χ4v) is 4.46. The van der Waals surface area contributed by atoms with Crippen LogP contribution in [0.2, 0.25) is 0 Å². The zero-order valence-electron chi connectivity index (χ0n) is 25.4. The Morgan fingerprint density at radius 3 is 2.16 bits per heavy atom. The van der Waals surface area contributed by atoms with Crippen molar-refractivity contribution in [3.63, 3.8) is 0 Å². The number of rotatable bonds is 15. The lowest BCUT2D eigenvalue weighted by Crippen LogP contribution is -2.55. The van der Waals surface area contributed by atoms with Crippen molar-refractivity contribution in [2.45, 2.75) is 125 Å². The van der Waals surface area contributed by atoms with Crippen molar-refractivity contribution in [2.75, 3.05) is 13.1 Å². The summed E-state index contributed by atoms with van der Waals surface area (Å²) in [7, 11) is 0. The maximum atomic E-state index is 14.3. The lowest BCUT2D eigenvalue weighted by atomic mass is 9.93. The van der Waals surface area contributed by atoms with Crippen molar-refractivity contribution in [3.05, 3.63) is 34.9 Å². The molecule has 0 bridgehead atoms. The van der Waals surface area contributed by atoms with E-state index in [4.69, 9.17) is 4.74 Å². The predicted molar refractivity (Wildman–Crippen MR) is 155 cm³/mol. The molecule has 0 saturated carbocycles. The minimum Gasteiger partial charge on any atom is -0.444 e. The molecular weight excluding hydrogens is 478 g/mol. The number of carbonyl (C=O) groups excluding carboxylic acids is 3. The van der Waals surface area contributed by atoms with Gasteiger partial charge in [0.05, 0.1) is 0 Å². The molecular formula is C31H53N3O4. The largest absolute Gasteiger partial charge is 0.444 e. The number of hydrogen-bond donors (Lipinski definition) is 2. The highest BCUT2D eigenvalue weighted by molar-refractivity contribution is 5.92. The summed E-state index contributed by atoms with van der Waals surface area (Å²) in [5.41, 5.74) is 2.19. The van der Waals surface area contributed by atoms with Crippen LogP contribution in [0.15, 0.2) is 18.2 Å². The molecule has 0 aliphatic rings. The quantitative estimate of drug-likeness (QED) is 0.249. The van der Waals surface area contributed by atoms with Gasteiger partial charge in [-0.15, -0.1) is 0 Å². The van der Waals surface area contributed by atoms with Crippen LogP contribution in [0.4, 0.5) is 4.79 Å². The molecule has 3 amide bonds. The highest BCUT2D eigenvalue weighted by Crippen LogP contribution is 2.28. The summed E-state index contributed by atoms with van der Waals surface area (Å²) in [5, 5.41) is 5.93. The Bertz CT molecular complexity index is 894. The number of amides is 3. The number of nitrogens with zero attached hydrogens (tertiary/aromatic N) is 1. The number of aryl methyl sites for hydroxylation is 2. The van der Waals surface area contributed by atoms with E-state index in [1.165, 1.54) is 0 Å². The Kier molecular flexibility index (Phi) is 14.4. The van der Waals surface area contributed by atoms with Gasteiger partial charge >= 0.3 is 6.09 Å². The molecule has 0 fully saturated rings. The van der Waals surface area contributed by atoms with Gasteiger partial charge in [0, 0.05) is 13.1 Å². The van der Waals surface area contributed by atoms with Crippen LogP contribution in [0.1, 0.15) is 116 Å². The van der Waals surface area contributed by atoms with E-state index in [0.29, 0.717) is 19.5 Å². The third-order valence-electron chi connectivity index (χ3n) is 6.80. The second-order valence-electron chi connectivity index (χ2n) is 11.5.